The third-order valence-corrected chi connectivity index (χ3v) is 10.0. The van der Waals surface area contributed by atoms with Crippen LogP contribution in [0.15, 0.2) is 109 Å². The maximum Gasteiger partial charge on any atom is 0.237 e. The molecule has 3 heterocycles. The maximum atomic E-state index is 13.7. The molecule has 0 radical (unpaired) electrons. The van der Waals surface area contributed by atoms with Crippen LogP contribution in [-0.2, 0) is 28.9 Å². The zero-order valence-electron chi connectivity index (χ0n) is 26.7. The first-order chi connectivity index (χ1) is 22.7. The lowest BCUT2D eigenvalue weighted by Gasteiger charge is -2.39. The van der Waals surface area contributed by atoms with E-state index in [9.17, 15) is 4.79 Å². The number of rotatable bonds is 9. The SMILES string of the molecule is O=C(N[C@H](C=C1CCN(C(CN2CCOCC2)c2ccccc2)CC1)Cc1ccc2ccccc2c1)[C@H]1Cc2ccccc2CN1. The van der Waals surface area contributed by atoms with Gasteiger partial charge in [-0.2, -0.15) is 0 Å². The molecule has 3 aliphatic rings. The van der Waals surface area contributed by atoms with E-state index in [-0.39, 0.29) is 18.0 Å². The summed E-state index contributed by atoms with van der Waals surface area (Å²) in [5.74, 6) is 0.0873. The van der Waals surface area contributed by atoms with Crippen LogP contribution in [0, 0.1) is 0 Å². The molecule has 0 saturated carbocycles. The Labute approximate surface area is 273 Å². The van der Waals surface area contributed by atoms with Crippen molar-refractivity contribution in [1.29, 1.82) is 0 Å². The number of carbonyl (C=O) groups is 1. The number of hydrogen-bond donors (Lipinski definition) is 2. The molecule has 4 aromatic rings. The van der Waals surface area contributed by atoms with Crippen LogP contribution < -0.4 is 10.6 Å². The highest BCUT2D eigenvalue weighted by molar-refractivity contribution is 5.84. The summed E-state index contributed by atoms with van der Waals surface area (Å²) in [5.41, 5.74) is 6.64. The first-order valence-corrected chi connectivity index (χ1v) is 17.0. The van der Waals surface area contributed by atoms with Gasteiger partial charge < -0.3 is 15.4 Å². The highest BCUT2D eigenvalue weighted by atomic mass is 16.5. The van der Waals surface area contributed by atoms with E-state index >= 15 is 0 Å². The van der Waals surface area contributed by atoms with Crippen LogP contribution in [0.1, 0.15) is 41.1 Å². The summed E-state index contributed by atoms with van der Waals surface area (Å²) in [4.78, 5) is 18.9. The van der Waals surface area contributed by atoms with Gasteiger partial charge in [0.05, 0.1) is 25.3 Å². The lowest BCUT2D eigenvalue weighted by molar-refractivity contribution is -0.123. The van der Waals surface area contributed by atoms with Crippen molar-refractivity contribution in [3.63, 3.8) is 0 Å². The Morgan fingerprint density at radius 1 is 0.848 bits per heavy atom. The second kappa shape index (κ2) is 14.7. The van der Waals surface area contributed by atoms with Crippen LogP contribution in [0.2, 0.25) is 0 Å². The van der Waals surface area contributed by atoms with Crippen LogP contribution in [0.5, 0.6) is 0 Å². The quantitative estimate of drug-likeness (QED) is 0.238. The van der Waals surface area contributed by atoms with Crippen molar-refractivity contribution in [2.24, 2.45) is 0 Å². The van der Waals surface area contributed by atoms with Gasteiger partial charge in [-0.3, -0.25) is 14.6 Å². The molecule has 7 rings (SSSR count). The second-order valence-corrected chi connectivity index (χ2v) is 13.1. The number of nitrogens with one attached hydrogen (secondary N) is 2. The second-order valence-electron chi connectivity index (χ2n) is 13.1. The highest BCUT2D eigenvalue weighted by Crippen LogP contribution is 2.29. The Morgan fingerprint density at radius 3 is 2.37 bits per heavy atom. The summed E-state index contributed by atoms with van der Waals surface area (Å²) >= 11 is 0. The summed E-state index contributed by atoms with van der Waals surface area (Å²) in [5, 5.41) is 9.44. The normalized spacial score (nSPS) is 20.5. The Hall–Kier alpha value is -3.81. The standard InChI is InChI=1S/C40H46N4O2/c45-40(38-27-35-12-6-7-13-36(35)28-41-38)42-37(26-31-14-15-32-8-4-5-11-34(32)24-31)25-30-16-18-44(19-17-30)39(33-9-2-1-3-10-33)29-43-20-22-46-23-21-43/h1-15,24-25,37-39,41H,16-23,26-29H2,(H,42,45)/t37-,38-,39?/m1/s1. The first-order valence-electron chi connectivity index (χ1n) is 17.0. The minimum Gasteiger partial charge on any atom is -0.379 e. The van der Waals surface area contributed by atoms with Gasteiger partial charge in [0.25, 0.3) is 0 Å². The summed E-state index contributed by atoms with van der Waals surface area (Å²) in [6.45, 7) is 7.45. The molecule has 46 heavy (non-hydrogen) atoms. The molecule has 0 aliphatic carbocycles. The zero-order chi connectivity index (χ0) is 31.1. The van der Waals surface area contributed by atoms with Crippen LogP contribution in [-0.4, -0.2) is 73.7 Å². The number of ether oxygens (including phenoxy) is 1. The van der Waals surface area contributed by atoms with E-state index in [0.717, 1.165) is 78.2 Å². The average Bonchev–Trinajstić information content (AvgIpc) is 3.11. The summed E-state index contributed by atoms with van der Waals surface area (Å²) in [6, 6.07) is 34.7. The summed E-state index contributed by atoms with van der Waals surface area (Å²) in [6.07, 6.45) is 5.91. The third kappa shape index (κ3) is 7.59. The van der Waals surface area contributed by atoms with E-state index in [0.29, 0.717) is 6.04 Å². The number of benzene rings is 4. The zero-order valence-corrected chi connectivity index (χ0v) is 26.7. The van der Waals surface area contributed by atoms with Gasteiger partial charge in [0, 0.05) is 45.3 Å². The molecular formula is C40H46N4O2. The molecule has 0 aromatic heterocycles. The number of likely N-dealkylation sites (tertiary alicyclic amines) is 1. The van der Waals surface area contributed by atoms with E-state index in [1.165, 1.54) is 38.6 Å². The molecule has 6 heteroatoms. The fraction of sp³-hybridized carbons (Fsp3) is 0.375. The van der Waals surface area contributed by atoms with E-state index in [2.05, 4.69) is 124 Å². The summed E-state index contributed by atoms with van der Waals surface area (Å²) in [7, 11) is 0. The lowest BCUT2D eigenvalue weighted by atomic mass is 9.93. The lowest BCUT2D eigenvalue weighted by Crippen LogP contribution is -2.50. The molecule has 2 fully saturated rings. The molecule has 6 nitrogen and oxygen atoms in total. The fourth-order valence-corrected chi connectivity index (χ4v) is 7.40. The van der Waals surface area contributed by atoms with Crippen molar-refractivity contribution >= 4 is 16.7 Å². The van der Waals surface area contributed by atoms with Gasteiger partial charge >= 0.3 is 0 Å². The minimum atomic E-state index is -0.221. The number of piperidine rings is 1. The van der Waals surface area contributed by atoms with Crippen molar-refractivity contribution in [3.05, 3.63) is 131 Å². The van der Waals surface area contributed by atoms with Gasteiger partial charge in [0.2, 0.25) is 5.91 Å². The topological polar surface area (TPSA) is 56.8 Å². The van der Waals surface area contributed by atoms with E-state index in [4.69, 9.17) is 4.74 Å². The monoisotopic (exact) mass is 614 g/mol. The van der Waals surface area contributed by atoms with Crippen molar-refractivity contribution in [1.82, 2.24) is 20.4 Å². The number of fused-ring (bicyclic) bond motifs is 2. The average molecular weight is 615 g/mol. The number of morpholine rings is 1. The van der Waals surface area contributed by atoms with Gasteiger partial charge in [-0.05, 0) is 58.7 Å². The van der Waals surface area contributed by atoms with Crippen molar-refractivity contribution in [3.8, 4) is 0 Å². The predicted molar refractivity (Wildman–Crippen MR) is 186 cm³/mol. The number of amides is 1. The van der Waals surface area contributed by atoms with Crippen molar-refractivity contribution < 1.29 is 9.53 Å². The van der Waals surface area contributed by atoms with E-state index in [1.807, 2.05) is 0 Å². The molecular weight excluding hydrogens is 568 g/mol. The number of carbonyl (C=O) groups excluding carboxylic acids is 1. The molecule has 0 bridgehead atoms. The summed E-state index contributed by atoms with van der Waals surface area (Å²) < 4.78 is 5.63. The number of hydrogen-bond acceptors (Lipinski definition) is 5. The molecule has 2 saturated heterocycles. The van der Waals surface area contributed by atoms with Gasteiger partial charge in [-0.15, -0.1) is 0 Å². The Kier molecular flexibility index (Phi) is 9.88. The highest BCUT2D eigenvalue weighted by Gasteiger charge is 2.28. The maximum absolute atomic E-state index is 13.7. The predicted octanol–water partition coefficient (Wildman–Crippen LogP) is 5.68. The Morgan fingerprint density at radius 2 is 1.57 bits per heavy atom. The largest absolute Gasteiger partial charge is 0.379 e. The fourth-order valence-electron chi connectivity index (χ4n) is 7.40. The first kappa shape index (κ1) is 30.8. The Balaban J connectivity index is 1.07. The van der Waals surface area contributed by atoms with Gasteiger partial charge in [0.15, 0.2) is 0 Å². The molecule has 3 aliphatic heterocycles. The van der Waals surface area contributed by atoms with Crippen molar-refractivity contribution in [2.45, 2.75) is 50.4 Å². The molecule has 1 unspecified atom stereocenters. The van der Waals surface area contributed by atoms with Crippen molar-refractivity contribution in [2.75, 3.05) is 45.9 Å². The van der Waals surface area contributed by atoms with E-state index < -0.39 is 0 Å². The van der Waals surface area contributed by atoms with Crippen LogP contribution in [0.25, 0.3) is 10.8 Å². The van der Waals surface area contributed by atoms with Gasteiger partial charge in [0.1, 0.15) is 0 Å². The molecule has 3 atom stereocenters. The van der Waals surface area contributed by atoms with Gasteiger partial charge in [-0.25, -0.2) is 0 Å². The number of nitrogens with zero attached hydrogens (tertiary/aromatic N) is 2. The molecule has 1 amide bonds. The molecule has 4 aromatic carbocycles. The minimum absolute atomic E-state index is 0.0625. The Bertz CT molecular complexity index is 1640. The molecule has 0 spiro atoms. The smallest absolute Gasteiger partial charge is 0.237 e. The van der Waals surface area contributed by atoms with Crippen LogP contribution >= 0.6 is 0 Å². The van der Waals surface area contributed by atoms with Gasteiger partial charge in [-0.1, -0.05) is 109 Å². The van der Waals surface area contributed by atoms with Crippen LogP contribution in [0.3, 0.4) is 0 Å². The van der Waals surface area contributed by atoms with Crippen LogP contribution in [0.4, 0.5) is 0 Å². The van der Waals surface area contributed by atoms with E-state index in [1.54, 1.807) is 0 Å². The third-order valence-electron chi connectivity index (χ3n) is 10.0. The molecule has 2 N–H and O–H groups in total. The molecule has 238 valence electrons.